The molecule has 89 heavy (non-hydrogen) atoms. The van der Waals surface area contributed by atoms with E-state index in [0.29, 0.717) is 22.0 Å². The molecule has 0 aliphatic carbocycles. The number of para-hydroxylation sites is 3. The van der Waals surface area contributed by atoms with Crippen molar-refractivity contribution in [1.29, 1.82) is 0 Å². The summed E-state index contributed by atoms with van der Waals surface area (Å²) in [5, 5.41) is 19.1. The second-order valence-corrected chi connectivity index (χ2v) is 28.7. The summed E-state index contributed by atoms with van der Waals surface area (Å²) in [5.41, 5.74) is 1.43. The van der Waals surface area contributed by atoms with E-state index in [1.165, 1.54) is 76.3 Å². The number of halogens is 8. The molecule has 0 radical (unpaired) electrons. The van der Waals surface area contributed by atoms with Gasteiger partial charge in [0.15, 0.2) is 6.23 Å². The van der Waals surface area contributed by atoms with E-state index in [4.69, 9.17) is 71.7 Å². The van der Waals surface area contributed by atoms with Crippen LogP contribution in [-0.4, -0.2) is 99.5 Å². The molecule has 2 heterocycles. The van der Waals surface area contributed by atoms with Gasteiger partial charge in [0.25, 0.3) is 39.1 Å². The van der Waals surface area contributed by atoms with Gasteiger partial charge in [0, 0.05) is 67.9 Å². The quantitative estimate of drug-likeness (QED) is 0.0476. The van der Waals surface area contributed by atoms with Crippen molar-refractivity contribution in [3.8, 4) is 5.75 Å². The van der Waals surface area contributed by atoms with Crippen molar-refractivity contribution in [2.24, 2.45) is 0 Å². The van der Waals surface area contributed by atoms with Crippen molar-refractivity contribution < 1.29 is 124 Å². The Hall–Kier alpha value is -5.21. The van der Waals surface area contributed by atoms with Crippen LogP contribution >= 0.6 is 64.7 Å². The summed E-state index contributed by atoms with van der Waals surface area (Å²) in [6.45, 7) is 0. The van der Waals surface area contributed by atoms with Crippen molar-refractivity contribution in [1.82, 2.24) is 0 Å². The number of ether oxygens (including phenoxy) is 3. The van der Waals surface area contributed by atoms with E-state index in [0.717, 1.165) is 41.7 Å². The zero-order chi connectivity index (χ0) is 66.1. The zero-order valence-corrected chi connectivity index (χ0v) is 57.3. The first-order chi connectivity index (χ1) is 41.3. The standard InChI is InChI=1S/C17H16ClNO5S.C13H9ClFNO3S.C12H9ClFNO2S.C6H3Cl2FO2S.C5H11O5P.CH3O.Na/c1-23-15-9-11(18)8-13-14(10-16(20)24-2)19(25(21,22)17(13)15)12-6-4-3-5-7-12;14-8-6-10-12(11(15)7-8)20(18,19)16(13(10)17)9-4-2-1-3-5-9;13-9-6-7-12(11(14)8-9)18(16,17)15-10-4-2-1-3-5-10;7-4-1-2-6(5(9)3-4)12(8,10)11;1-8-5(6)4-11(7,9-2)10-3;1-2;/h3-9,14H,10H2,1-2H3;1-7,13,17H;1-8,15H;1-3H;4H2,1-3H3;1H3;/q;;;;;-1;+1. The molecule has 0 spiro atoms. The van der Waals surface area contributed by atoms with Gasteiger partial charge in [-0.15, -0.1) is 0 Å². The van der Waals surface area contributed by atoms with Gasteiger partial charge >= 0.3 is 49.1 Å². The minimum atomic E-state index is -4.15. The van der Waals surface area contributed by atoms with Gasteiger partial charge < -0.3 is 33.5 Å². The normalized spacial score (nSPS) is 14.8. The fourth-order valence-electron chi connectivity index (χ4n) is 7.75. The molecular weight excluding hydrogens is 1400 g/mol. The fraction of sp³-hybridized carbons (Fsp3) is 0.185. The largest absolute Gasteiger partial charge is 1.00 e. The number of carbonyl (C=O) groups is 2. The molecule has 2 unspecified atom stereocenters. The van der Waals surface area contributed by atoms with Gasteiger partial charge in [0.05, 0.1) is 45.2 Å². The van der Waals surface area contributed by atoms with E-state index in [1.54, 1.807) is 84.9 Å². The van der Waals surface area contributed by atoms with Crippen LogP contribution in [0.1, 0.15) is 29.8 Å². The molecule has 7 aromatic rings. The Labute approximate surface area is 558 Å². The third kappa shape index (κ3) is 20.4. The maximum absolute atomic E-state index is 13.9. The number of esters is 2. The van der Waals surface area contributed by atoms with Crippen molar-refractivity contribution in [3.05, 3.63) is 200 Å². The van der Waals surface area contributed by atoms with Crippen LogP contribution < -0.4 is 52.7 Å². The molecule has 0 saturated carbocycles. The predicted molar refractivity (Wildman–Crippen MR) is 324 cm³/mol. The molecule has 0 saturated heterocycles. The van der Waals surface area contributed by atoms with Gasteiger partial charge in [-0.1, -0.05) is 101 Å². The monoisotopic (exact) mass is 1440 g/mol. The average Bonchev–Trinajstić information content (AvgIpc) is 1.88. The predicted octanol–water partition coefficient (Wildman–Crippen LogP) is 8.15. The van der Waals surface area contributed by atoms with E-state index in [9.17, 15) is 66.1 Å². The number of aliphatic hydroxyl groups excluding tert-OH is 1. The molecule has 35 heteroatoms. The molecule has 476 valence electrons. The number of benzene rings is 7. The van der Waals surface area contributed by atoms with Crippen LogP contribution in [0.3, 0.4) is 0 Å². The van der Waals surface area contributed by atoms with Crippen LogP contribution in [0.25, 0.3) is 0 Å². The molecule has 21 nitrogen and oxygen atoms in total. The van der Waals surface area contributed by atoms with E-state index in [2.05, 4.69) is 18.5 Å². The van der Waals surface area contributed by atoms with Crippen LogP contribution in [-0.2, 0) is 71.8 Å². The number of nitrogens with one attached hydrogen (secondary N) is 1. The maximum Gasteiger partial charge on any atom is 1.00 e. The molecule has 9 rings (SSSR count). The van der Waals surface area contributed by atoms with Crippen molar-refractivity contribution >= 4 is 133 Å². The molecule has 2 aliphatic heterocycles. The summed E-state index contributed by atoms with van der Waals surface area (Å²) in [6.07, 6.45) is -1.98. The molecule has 2 N–H and O–H groups in total. The Balaban J connectivity index is 0.000000297. The van der Waals surface area contributed by atoms with Crippen LogP contribution in [0.2, 0.25) is 20.1 Å². The average molecular weight is 1450 g/mol. The molecule has 0 aromatic heterocycles. The second kappa shape index (κ2) is 34.5. The summed E-state index contributed by atoms with van der Waals surface area (Å²) in [5.74, 6) is -3.78. The Morgan fingerprint density at radius 3 is 1.47 bits per heavy atom. The Morgan fingerprint density at radius 1 is 0.596 bits per heavy atom. The number of fused-ring (bicyclic) bond motifs is 2. The second-order valence-electron chi connectivity index (χ2n) is 17.0. The summed E-state index contributed by atoms with van der Waals surface area (Å²) < 4.78 is 175. The van der Waals surface area contributed by atoms with Crippen molar-refractivity contribution in [2.45, 2.75) is 38.3 Å². The number of hydrogen-bond donors (Lipinski definition) is 2. The summed E-state index contributed by atoms with van der Waals surface area (Å²) in [6, 6.07) is 35.8. The van der Waals surface area contributed by atoms with Crippen LogP contribution in [0.5, 0.6) is 5.75 Å². The number of carbonyl (C=O) groups excluding carboxylic acids is 2. The molecule has 2 atom stereocenters. The third-order valence-corrected chi connectivity index (χ3v) is 20.8. The number of methoxy groups -OCH3 is 3. The van der Waals surface area contributed by atoms with Gasteiger partial charge in [-0.05, 0) is 91.0 Å². The van der Waals surface area contributed by atoms with Crippen molar-refractivity contribution in [2.75, 3.05) is 62.2 Å². The topological polar surface area (TPSA) is 296 Å². The smallest absolute Gasteiger partial charge is 0.857 e. The fourth-order valence-corrected chi connectivity index (χ4v) is 15.1. The van der Waals surface area contributed by atoms with E-state index in [-0.39, 0.29) is 79.1 Å². The van der Waals surface area contributed by atoms with Gasteiger partial charge in [-0.3, -0.25) is 23.2 Å². The first-order valence-corrected chi connectivity index (χ1v) is 34.1. The number of hydrogen-bond acceptors (Lipinski definition) is 18. The third-order valence-electron chi connectivity index (χ3n) is 11.6. The molecule has 7 aromatic carbocycles. The van der Waals surface area contributed by atoms with Gasteiger partial charge in [0.1, 0.15) is 48.9 Å². The van der Waals surface area contributed by atoms with Gasteiger partial charge in [-0.2, -0.15) is 7.11 Å². The molecule has 0 fully saturated rings. The van der Waals surface area contributed by atoms with E-state index >= 15 is 0 Å². The van der Waals surface area contributed by atoms with Crippen molar-refractivity contribution in [3.63, 3.8) is 0 Å². The number of rotatable bonds is 13. The maximum atomic E-state index is 13.9. The molecule has 2 aliphatic rings. The Bertz CT molecular complexity index is 4110. The Kier molecular flexibility index (Phi) is 30.2. The summed E-state index contributed by atoms with van der Waals surface area (Å²) >= 11 is 22.8. The Morgan fingerprint density at radius 2 is 1.02 bits per heavy atom. The number of aliphatic hydroxyl groups is 1. The SMILES string of the molecule is COC(=O)CC1c2cc(Cl)cc(OC)c2S(=O)(=O)N1c1ccccc1.COC(=O)CP(=O)(OC)OC.C[O-].O=S(=O)(Cl)c1ccc(Cl)cc1F.O=S(=O)(Nc1ccccc1)c1ccc(Cl)cc1F.O=S1(=O)c2c(F)cc(Cl)cc2C(O)N1c1ccccc1.[Na+]. The zero-order valence-electron chi connectivity index (χ0n) is 47.4. The first-order valence-electron chi connectivity index (χ1n) is 24.2. The number of sulfonamides is 3. The number of anilines is 3. The number of nitrogens with zero attached hydrogens (tertiary/aromatic N) is 2. The summed E-state index contributed by atoms with van der Waals surface area (Å²) in [4.78, 5) is 21.0. The van der Waals surface area contributed by atoms with E-state index in [1.807, 2.05) is 0 Å². The van der Waals surface area contributed by atoms with Gasteiger partial charge in [0.2, 0.25) is 0 Å². The van der Waals surface area contributed by atoms with E-state index < -0.39 is 103 Å². The first kappa shape index (κ1) is 78.0. The van der Waals surface area contributed by atoms with Crippen LogP contribution in [0.4, 0.5) is 30.2 Å². The minimum Gasteiger partial charge on any atom is -0.857 e. The van der Waals surface area contributed by atoms with Gasteiger partial charge in [-0.25, -0.2) is 51.1 Å². The minimum absolute atomic E-state index is 0. The van der Waals surface area contributed by atoms with Crippen LogP contribution in [0, 0.1) is 17.5 Å². The molecular formula is C54H51Cl5F3N3NaO18PS4. The molecule has 0 amide bonds. The molecule has 0 bridgehead atoms. The van der Waals surface area contributed by atoms with Crippen LogP contribution in [0.15, 0.2) is 171 Å². The summed E-state index contributed by atoms with van der Waals surface area (Å²) in [7, 11) is -7.32.